The first-order valence-electron chi connectivity index (χ1n) is 10.2. The van der Waals surface area contributed by atoms with Gasteiger partial charge in [0.1, 0.15) is 0 Å². The minimum Gasteiger partial charge on any atom is -0.350 e. The molecule has 1 unspecified atom stereocenters. The fraction of sp³-hybridized carbons (Fsp3) is 0.417. The van der Waals surface area contributed by atoms with Gasteiger partial charge in [0, 0.05) is 55.2 Å². The lowest BCUT2D eigenvalue weighted by Gasteiger charge is -2.26. The van der Waals surface area contributed by atoms with Crippen LogP contribution < -0.4 is 0 Å². The van der Waals surface area contributed by atoms with Crippen LogP contribution in [0.15, 0.2) is 54.7 Å². The molecule has 3 nitrogen and oxygen atoms in total. The molecule has 5 rings (SSSR count). The predicted octanol–water partition coefficient (Wildman–Crippen LogP) is 4.20. The standard InChI is InChI=1S/C24H29N3/c1-25(2)24-16-27(23-13-12-17-8-4-5-9-18(17)23)15-21(24)20-14-26(3)22-11-7-6-10-19(20)22/h4-11,14,21,23-24H,12-13,15-16H2,1-3H3/t21-,23?,24+/m1/s1. The third kappa shape index (κ3) is 2.72. The first-order chi connectivity index (χ1) is 13.1. The molecule has 0 N–H and O–H groups in total. The number of likely N-dealkylation sites (N-methyl/N-ethyl adjacent to an activating group) is 1. The van der Waals surface area contributed by atoms with E-state index in [0.29, 0.717) is 18.0 Å². The van der Waals surface area contributed by atoms with Gasteiger partial charge in [0.05, 0.1) is 0 Å². The smallest absolute Gasteiger partial charge is 0.0480 e. The van der Waals surface area contributed by atoms with Crippen molar-refractivity contribution in [1.82, 2.24) is 14.4 Å². The zero-order valence-corrected chi connectivity index (χ0v) is 16.6. The van der Waals surface area contributed by atoms with E-state index in [4.69, 9.17) is 0 Å². The molecule has 2 aromatic carbocycles. The highest BCUT2D eigenvalue weighted by molar-refractivity contribution is 5.84. The van der Waals surface area contributed by atoms with Crippen molar-refractivity contribution in [3.05, 3.63) is 71.4 Å². The summed E-state index contributed by atoms with van der Waals surface area (Å²) in [6, 6.07) is 19.1. The Labute approximate surface area is 162 Å². The van der Waals surface area contributed by atoms with Gasteiger partial charge in [0.25, 0.3) is 0 Å². The number of hydrogen-bond acceptors (Lipinski definition) is 2. The Morgan fingerprint density at radius 3 is 2.56 bits per heavy atom. The molecule has 2 aliphatic rings. The summed E-state index contributed by atoms with van der Waals surface area (Å²) in [7, 11) is 6.67. The molecule has 0 spiro atoms. The van der Waals surface area contributed by atoms with Crippen LogP contribution in [0, 0.1) is 0 Å². The number of nitrogens with zero attached hydrogens (tertiary/aromatic N) is 3. The molecule has 1 aliphatic carbocycles. The number of aromatic nitrogens is 1. The zero-order chi connectivity index (χ0) is 18.5. The number of fused-ring (bicyclic) bond motifs is 2. The minimum absolute atomic E-state index is 0.555. The van der Waals surface area contributed by atoms with Crippen LogP contribution in [-0.2, 0) is 13.5 Å². The molecule has 27 heavy (non-hydrogen) atoms. The van der Waals surface area contributed by atoms with Gasteiger partial charge >= 0.3 is 0 Å². The van der Waals surface area contributed by atoms with E-state index < -0.39 is 0 Å². The van der Waals surface area contributed by atoms with Crippen LogP contribution in [0.3, 0.4) is 0 Å². The number of benzene rings is 2. The number of likely N-dealkylation sites (tertiary alicyclic amines) is 1. The van der Waals surface area contributed by atoms with Crippen molar-refractivity contribution in [2.45, 2.75) is 30.8 Å². The van der Waals surface area contributed by atoms with E-state index in [-0.39, 0.29) is 0 Å². The van der Waals surface area contributed by atoms with Gasteiger partial charge in [-0.1, -0.05) is 42.5 Å². The van der Waals surface area contributed by atoms with Crippen molar-refractivity contribution < 1.29 is 0 Å². The summed E-state index contributed by atoms with van der Waals surface area (Å²) in [6.07, 6.45) is 4.86. The van der Waals surface area contributed by atoms with Crippen LogP contribution in [0.5, 0.6) is 0 Å². The van der Waals surface area contributed by atoms with E-state index in [1.807, 2.05) is 0 Å². The third-order valence-electron chi connectivity index (χ3n) is 6.85. The molecule has 1 fully saturated rings. The lowest BCUT2D eigenvalue weighted by Crippen LogP contribution is -2.35. The molecular weight excluding hydrogens is 330 g/mol. The van der Waals surface area contributed by atoms with Gasteiger partial charge in [0.2, 0.25) is 0 Å². The first kappa shape index (κ1) is 17.0. The lowest BCUT2D eigenvalue weighted by molar-refractivity contribution is 0.216. The monoisotopic (exact) mass is 359 g/mol. The Hall–Kier alpha value is -2.10. The number of aryl methyl sites for hydroxylation is 2. The van der Waals surface area contributed by atoms with Gasteiger partial charge in [-0.3, -0.25) is 4.90 Å². The van der Waals surface area contributed by atoms with Crippen molar-refractivity contribution in [1.29, 1.82) is 0 Å². The highest BCUT2D eigenvalue weighted by Crippen LogP contribution is 2.42. The van der Waals surface area contributed by atoms with Crippen LogP contribution >= 0.6 is 0 Å². The van der Waals surface area contributed by atoms with E-state index in [0.717, 1.165) is 13.1 Å². The Morgan fingerprint density at radius 2 is 1.70 bits per heavy atom. The summed E-state index contributed by atoms with van der Waals surface area (Å²) in [5.74, 6) is 0.555. The van der Waals surface area contributed by atoms with E-state index >= 15 is 0 Å². The number of rotatable bonds is 3. The van der Waals surface area contributed by atoms with Crippen molar-refractivity contribution in [2.75, 3.05) is 27.2 Å². The molecule has 1 aromatic heterocycles. The maximum Gasteiger partial charge on any atom is 0.0480 e. The largest absolute Gasteiger partial charge is 0.350 e. The Balaban J connectivity index is 1.51. The van der Waals surface area contributed by atoms with Crippen molar-refractivity contribution in [3.8, 4) is 0 Å². The molecule has 0 bridgehead atoms. The van der Waals surface area contributed by atoms with Gasteiger partial charge in [-0.25, -0.2) is 0 Å². The zero-order valence-electron chi connectivity index (χ0n) is 16.6. The second-order valence-corrected chi connectivity index (χ2v) is 8.56. The fourth-order valence-electron chi connectivity index (χ4n) is 5.48. The quantitative estimate of drug-likeness (QED) is 0.694. The number of hydrogen-bond donors (Lipinski definition) is 0. The summed E-state index contributed by atoms with van der Waals surface area (Å²) in [5.41, 5.74) is 5.97. The summed E-state index contributed by atoms with van der Waals surface area (Å²) in [5, 5.41) is 1.42. The fourth-order valence-corrected chi connectivity index (χ4v) is 5.48. The van der Waals surface area contributed by atoms with E-state index in [9.17, 15) is 0 Å². The summed E-state index contributed by atoms with van der Waals surface area (Å²) in [6.45, 7) is 2.30. The van der Waals surface area contributed by atoms with Gasteiger partial charge in [0.15, 0.2) is 0 Å². The molecule has 0 radical (unpaired) electrons. The minimum atomic E-state index is 0.555. The molecule has 140 valence electrons. The molecule has 3 heteroatoms. The van der Waals surface area contributed by atoms with Gasteiger partial charge < -0.3 is 9.47 Å². The normalized spacial score (nSPS) is 25.6. The average molecular weight is 360 g/mol. The highest BCUT2D eigenvalue weighted by atomic mass is 15.3. The molecule has 3 atom stereocenters. The topological polar surface area (TPSA) is 11.4 Å². The average Bonchev–Trinajstić information content (AvgIpc) is 3.37. The Bertz CT molecular complexity index is 971. The number of para-hydroxylation sites is 1. The van der Waals surface area contributed by atoms with E-state index in [1.165, 1.54) is 29.3 Å². The summed E-state index contributed by atoms with van der Waals surface area (Å²) >= 11 is 0. The van der Waals surface area contributed by atoms with E-state index in [2.05, 4.69) is 90.2 Å². The van der Waals surface area contributed by atoms with Crippen LogP contribution in [0.2, 0.25) is 0 Å². The third-order valence-corrected chi connectivity index (χ3v) is 6.85. The van der Waals surface area contributed by atoms with Gasteiger partial charge in [-0.05, 0) is 49.7 Å². The SMILES string of the molecule is CN(C)[C@H]1CN(C2CCc3ccccc32)C[C@@H]1c1cn(C)c2ccccc12. The van der Waals surface area contributed by atoms with Gasteiger partial charge in [-0.15, -0.1) is 0 Å². The second kappa shape index (κ2) is 6.50. The van der Waals surface area contributed by atoms with Crippen molar-refractivity contribution >= 4 is 10.9 Å². The van der Waals surface area contributed by atoms with Crippen LogP contribution in [-0.4, -0.2) is 47.6 Å². The maximum absolute atomic E-state index is 2.75. The Morgan fingerprint density at radius 1 is 0.926 bits per heavy atom. The van der Waals surface area contributed by atoms with Crippen LogP contribution in [0.25, 0.3) is 10.9 Å². The van der Waals surface area contributed by atoms with Gasteiger partial charge in [-0.2, -0.15) is 0 Å². The lowest BCUT2D eigenvalue weighted by atomic mass is 9.93. The molecule has 0 amide bonds. The molecule has 0 saturated carbocycles. The van der Waals surface area contributed by atoms with Crippen LogP contribution in [0.1, 0.15) is 35.1 Å². The first-order valence-corrected chi connectivity index (χ1v) is 10.2. The Kier molecular flexibility index (Phi) is 4.10. The molecule has 1 saturated heterocycles. The molecule has 2 heterocycles. The van der Waals surface area contributed by atoms with E-state index in [1.54, 1.807) is 11.1 Å². The predicted molar refractivity (Wildman–Crippen MR) is 112 cm³/mol. The summed E-state index contributed by atoms with van der Waals surface area (Å²) in [4.78, 5) is 5.19. The summed E-state index contributed by atoms with van der Waals surface area (Å²) < 4.78 is 2.30. The van der Waals surface area contributed by atoms with Crippen molar-refractivity contribution in [2.24, 2.45) is 7.05 Å². The molecule has 1 aliphatic heterocycles. The molecular formula is C24H29N3. The van der Waals surface area contributed by atoms with Crippen molar-refractivity contribution in [3.63, 3.8) is 0 Å². The molecule has 3 aromatic rings. The van der Waals surface area contributed by atoms with Crippen LogP contribution in [0.4, 0.5) is 0 Å². The second-order valence-electron chi connectivity index (χ2n) is 8.56. The highest BCUT2D eigenvalue weighted by Gasteiger charge is 2.41. The maximum atomic E-state index is 2.75.